The van der Waals surface area contributed by atoms with Gasteiger partial charge in [-0.05, 0) is 17.7 Å². The van der Waals surface area contributed by atoms with Crippen molar-refractivity contribution in [1.82, 2.24) is 19.9 Å². The van der Waals surface area contributed by atoms with Crippen molar-refractivity contribution in [3.05, 3.63) is 72.1 Å². The van der Waals surface area contributed by atoms with Crippen LogP contribution >= 0.6 is 0 Å². The quantitative estimate of drug-likeness (QED) is 0.671. The van der Waals surface area contributed by atoms with Crippen LogP contribution in [0.1, 0.15) is 17.4 Å². The van der Waals surface area contributed by atoms with Crippen LogP contribution in [0.4, 0.5) is 19.0 Å². The summed E-state index contributed by atoms with van der Waals surface area (Å²) >= 11 is 0. The molecule has 1 saturated heterocycles. The number of aliphatic hydroxyl groups is 1. The van der Waals surface area contributed by atoms with E-state index >= 15 is 0 Å². The molecule has 9 heteroatoms. The number of β-amino-alcohol motifs (C(OH)–C–C–N with tert-alkyl or cyclic N) is 1. The van der Waals surface area contributed by atoms with Crippen LogP contribution in [0.25, 0.3) is 11.5 Å². The third-order valence-electron chi connectivity index (χ3n) is 5.21. The number of aromatic nitrogens is 3. The second-order valence-corrected chi connectivity index (χ2v) is 7.36. The van der Waals surface area contributed by atoms with Crippen molar-refractivity contribution >= 4 is 5.82 Å². The largest absolute Gasteiger partial charge is 0.433 e. The second kappa shape index (κ2) is 8.99. The Kier molecular flexibility index (Phi) is 6.15. The number of nitrogens with zero attached hydrogens (tertiary/aromatic N) is 5. The van der Waals surface area contributed by atoms with Gasteiger partial charge in [-0.3, -0.25) is 9.88 Å². The molecule has 0 aliphatic carbocycles. The van der Waals surface area contributed by atoms with Crippen molar-refractivity contribution in [2.45, 2.75) is 12.3 Å². The van der Waals surface area contributed by atoms with Crippen LogP contribution in [0.3, 0.4) is 0 Å². The fourth-order valence-electron chi connectivity index (χ4n) is 3.54. The highest BCUT2D eigenvalue weighted by Gasteiger charge is 2.35. The van der Waals surface area contributed by atoms with E-state index in [2.05, 4.69) is 19.9 Å². The predicted octanol–water partition coefficient (Wildman–Crippen LogP) is 3.41. The standard InChI is InChI=1S/C22H22F3N5O/c23-22(24,25)19-14-20(28-21(27-19)17-8-4-5-9-26-17)30-12-10-29(11-13-30)15-18(31)16-6-2-1-3-7-16/h1-9,14,18,31H,10-13,15H2. The lowest BCUT2D eigenvalue weighted by Gasteiger charge is -2.36. The van der Waals surface area contributed by atoms with Gasteiger partial charge in [0.1, 0.15) is 11.5 Å². The zero-order valence-corrected chi connectivity index (χ0v) is 16.7. The molecule has 2 aromatic heterocycles. The molecular formula is C22H22F3N5O. The van der Waals surface area contributed by atoms with Crippen LogP contribution in [0.5, 0.6) is 0 Å². The summed E-state index contributed by atoms with van der Waals surface area (Å²) in [5.74, 6) is 0.179. The molecule has 0 amide bonds. The number of hydrogen-bond donors (Lipinski definition) is 1. The van der Waals surface area contributed by atoms with Crippen molar-refractivity contribution in [1.29, 1.82) is 0 Å². The molecule has 3 heterocycles. The van der Waals surface area contributed by atoms with Crippen molar-refractivity contribution < 1.29 is 18.3 Å². The van der Waals surface area contributed by atoms with E-state index < -0.39 is 18.0 Å². The van der Waals surface area contributed by atoms with E-state index in [1.165, 1.54) is 6.20 Å². The van der Waals surface area contributed by atoms with Gasteiger partial charge in [-0.25, -0.2) is 9.97 Å². The van der Waals surface area contributed by atoms with Gasteiger partial charge in [-0.15, -0.1) is 0 Å². The summed E-state index contributed by atoms with van der Waals surface area (Å²) < 4.78 is 40.3. The Hall–Kier alpha value is -3.04. The second-order valence-electron chi connectivity index (χ2n) is 7.36. The number of halogens is 3. The number of benzene rings is 1. The topological polar surface area (TPSA) is 65.4 Å². The van der Waals surface area contributed by atoms with Crippen molar-refractivity contribution in [3.63, 3.8) is 0 Å². The minimum atomic E-state index is -4.58. The van der Waals surface area contributed by atoms with Crippen molar-refractivity contribution in [2.75, 3.05) is 37.6 Å². The first kappa shape index (κ1) is 21.2. The Labute approximate surface area is 178 Å². The first-order valence-corrected chi connectivity index (χ1v) is 9.98. The van der Waals surface area contributed by atoms with Crippen LogP contribution in [0.15, 0.2) is 60.8 Å². The zero-order chi connectivity index (χ0) is 21.8. The molecule has 0 saturated carbocycles. The van der Waals surface area contributed by atoms with Gasteiger partial charge in [0.2, 0.25) is 0 Å². The smallest absolute Gasteiger partial charge is 0.387 e. The van der Waals surface area contributed by atoms with E-state index in [1.807, 2.05) is 35.2 Å². The Balaban J connectivity index is 1.49. The lowest BCUT2D eigenvalue weighted by atomic mass is 10.1. The molecular weight excluding hydrogens is 407 g/mol. The van der Waals surface area contributed by atoms with E-state index in [-0.39, 0.29) is 11.6 Å². The molecule has 0 spiro atoms. The molecule has 1 atom stereocenters. The molecule has 1 aromatic carbocycles. The Morgan fingerprint density at radius 1 is 0.935 bits per heavy atom. The van der Waals surface area contributed by atoms with Gasteiger partial charge in [0.25, 0.3) is 0 Å². The van der Waals surface area contributed by atoms with Gasteiger partial charge in [0.15, 0.2) is 11.5 Å². The minimum Gasteiger partial charge on any atom is -0.387 e. The number of aliphatic hydroxyl groups excluding tert-OH is 1. The van der Waals surface area contributed by atoms with Gasteiger partial charge in [0.05, 0.1) is 6.10 Å². The van der Waals surface area contributed by atoms with E-state index in [1.54, 1.807) is 18.2 Å². The number of anilines is 1. The van der Waals surface area contributed by atoms with Gasteiger partial charge in [-0.1, -0.05) is 36.4 Å². The van der Waals surface area contributed by atoms with Gasteiger partial charge in [0, 0.05) is 45.0 Å². The number of pyridine rings is 1. The summed E-state index contributed by atoms with van der Waals surface area (Å²) in [6.45, 7) is 2.67. The lowest BCUT2D eigenvalue weighted by Crippen LogP contribution is -2.48. The van der Waals surface area contributed by atoms with Crippen LogP contribution < -0.4 is 4.90 Å². The van der Waals surface area contributed by atoms with Crippen molar-refractivity contribution in [3.8, 4) is 11.5 Å². The molecule has 1 aliphatic heterocycles. The highest BCUT2D eigenvalue weighted by molar-refractivity contribution is 5.54. The summed E-state index contributed by atoms with van der Waals surface area (Å²) in [6, 6.07) is 15.3. The van der Waals surface area contributed by atoms with Crippen LogP contribution in [-0.2, 0) is 6.18 Å². The first-order valence-electron chi connectivity index (χ1n) is 9.98. The summed E-state index contributed by atoms with van der Waals surface area (Å²) in [6.07, 6.45) is -3.70. The molecule has 1 N–H and O–H groups in total. The Morgan fingerprint density at radius 2 is 1.65 bits per heavy atom. The van der Waals surface area contributed by atoms with Crippen LogP contribution in [-0.4, -0.2) is 57.7 Å². The fourth-order valence-corrected chi connectivity index (χ4v) is 3.54. The monoisotopic (exact) mass is 429 g/mol. The molecule has 0 radical (unpaired) electrons. The first-order chi connectivity index (χ1) is 14.9. The molecule has 1 fully saturated rings. The average molecular weight is 429 g/mol. The lowest BCUT2D eigenvalue weighted by molar-refractivity contribution is -0.141. The highest BCUT2D eigenvalue weighted by Crippen LogP contribution is 2.31. The van der Waals surface area contributed by atoms with E-state index in [0.29, 0.717) is 38.4 Å². The summed E-state index contributed by atoms with van der Waals surface area (Å²) in [7, 11) is 0. The molecule has 1 unspecified atom stereocenters. The Morgan fingerprint density at radius 3 is 2.29 bits per heavy atom. The summed E-state index contributed by atoms with van der Waals surface area (Å²) in [5, 5.41) is 10.4. The van der Waals surface area contributed by atoms with Crippen LogP contribution in [0, 0.1) is 0 Å². The molecule has 162 valence electrons. The van der Waals surface area contributed by atoms with E-state index in [9.17, 15) is 18.3 Å². The number of piperazine rings is 1. The summed E-state index contributed by atoms with van der Waals surface area (Å²) in [5.41, 5.74) is 0.148. The third-order valence-corrected chi connectivity index (χ3v) is 5.21. The maximum atomic E-state index is 13.4. The van der Waals surface area contributed by atoms with Gasteiger partial charge in [-0.2, -0.15) is 13.2 Å². The molecule has 1 aliphatic rings. The maximum Gasteiger partial charge on any atom is 0.433 e. The molecule has 31 heavy (non-hydrogen) atoms. The number of rotatable bonds is 5. The van der Waals surface area contributed by atoms with E-state index in [0.717, 1.165) is 11.6 Å². The van der Waals surface area contributed by atoms with Gasteiger partial charge >= 0.3 is 6.18 Å². The van der Waals surface area contributed by atoms with Crippen LogP contribution in [0.2, 0.25) is 0 Å². The van der Waals surface area contributed by atoms with E-state index in [4.69, 9.17) is 0 Å². The zero-order valence-electron chi connectivity index (χ0n) is 16.7. The minimum absolute atomic E-state index is 0.0487. The molecule has 0 bridgehead atoms. The SMILES string of the molecule is OC(CN1CCN(c2cc(C(F)(F)F)nc(-c3ccccn3)n2)CC1)c1ccccc1. The number of alkyl halides is 3. The van der Waals surface area contributed by atoms with Crippen molar-refractivity contribution in [2.24, 2.45) is 0 Å². The average Bonchev–Trinajstić information content (AvgIpc) is 2.80. The maximum absolute atomic E-state index is 13.4. The fraction of sp³-hybridized carbons (Fsp3) is 0.318. The Bertz CT molecular complexity index is 993. The van der Waals surface area contributed by atoms with Gasteiger partial charge < -0.3 is 10.0 Å². The highest BCUT2D eigenvalue weighted by atomic mass is 19.4. The number of hydrogen-bond acceptors (Lipinski definition) is 6. The third kappa shape index (κ3) is 5.18. The molecule has 3 aromatic rings. The summed E-state index contributed by atoms with van der Waals surface area (Å²) in [4.78, 5) is 16.0. The molecule has 4 rings (SSSR count). The molecule has 6 nitrogen and oxygen atoms in total. The normalized spacial score (nSPS) is 16.3. The predicted molar refractivity (Wildman–Crippen MR) is 110 cm³/mol.